The molecule has 0 aromatic rings. The van der Waals surface area contributed by atoms with Crippen LogP contribution >= 0.6 is 0 Å². The van der Waals surface area contributed by atoms with E-state index in [2.05, 4.69) is 13.0 Å². The third-order valence-corrected chi connectivity index (χ3v) is 8.01. The Hall–Kier alpha value is -1.36. The molecule has 2 fully saturated rings. The summed E-state index contributed by atoms with van der Waals surface area (Å²) in [6, 6.07) is 0. The first-order valence-corrected chi connectivity index (χ1v) is 10.3. The molecule has 3 rings (SSSR count). The van der Waals surface area contributed by atoms with E-state index in [1.807, 2.05) is 6.92 Å². The Morgan fingerprint density at radius 1 is 1.19 bits per heavy atom. The van der Waals surface area contributed by atoms with E-state index in [9.17, 15) is 14.7 Å². The highest BCUT2D eigenvalue weighted by Gasteiger charge is 2.57. The molecule has 6 atom stereocenters. The lowest BCUT2D eigenvalue weighted by atomic mass is 9.47. The molecule has 0 heterocycles. The van der Waals surface area contributed by atoms with Gasteiger partial charge in [-0.25, -0.2) is 0 Å². The minimum Gasteiger partial charge on any atom is -0.469 e. The van der Waals surface area contributed by atoms with Crippen molar-refractivity contribution in [2.45, 2.75) is 71.3 Å². The summed E-state index contributed by atoms with van der Waals surface area (Å²) in [6.07, 6.45) is 8.41. The smallest absolute Gasteiger partial charge is 0.311 e. The second kappa shape index (κ2) is 7.57. The fourth-order valence-electron chi connectivity index (χ4n) is 6.36. The van der Waals surface area contributed by atoms with Crippen LogP contribution in [0, 0.1) is 28.6 Å². The number of allylic oxidation sites excluding steroid dienone is 1. The first-order valence-electron chi connectivity index (χ1n) is 10.3. The Bertz CT molecular complexity index is 626. The van der Waals surface area contributed by atoms with Crippen LogP contribution in [0.3, 0.4) is 0 Å². The lowest BCUT2D eigenvalue weighted by molar-refractivity contribution is -0.165. The Balaban J connectivity index is 1.92. The molecule has 27 heavy (non-hydrogen) atoms. The molecule has 0 aromatic heterocycles. The van der Waals surface area contributed by atoms with Crippen LogP contribution in [0.15, 0.2) is 11.6 Å². The fourth-order valence-corrected chi connectivity index (χ4v) is 6.36. The minimum atomic E-state index is -0.556. The number of aliphatic hydroxyl groups excluding tert-OH is 1. The van der Waals surface area contributed by atoms with Crippen molar-refractivity contribution in [1.29, 1.82) is 0 Å². The summed E-state index contributed by atoms with van der Waals surface area (Å²) in [7, 11) is 2.87. The highest BCUT2D eigenvalue weighted by molar-refractivity contribution is 5.77. The number of aliphatic hydroxyl groups is 1. The zero-order valence-corrected chi connectivity index (χ0v) is 17.1. The molecule has 3 aliphatic carbocycles. The molecule has 1 N–H and O–H groups in total. The largest absolute Gasteiger partial charge is 0.469 e. The van der Waals surface area contributed by atoms with Crippen LogP contribution in [0.2, 0.25) is 0 Å². The predicted molar refractivity (Wildman–Crippen MR) is 102 cm³/mol. The van der Waals surface area contributed by atoms with Crippen molar-refractivity contribution in [1.82, 2.24) is 0 Å². The molecule has 0 saturated heterocycles. The molecular weight excluding hydrogens is 344 g/mol. The summed E-state index contributed by atoms with van der Waals surface area (Å²) in [4.78, 5) is 24.5. The Labute approximate surface area is 162 Å². The predicted octanol–water partition coefficient (Wildman–Crippen LogP) is 3.64. The third kappa shape index (κ3) is 3.43. The molecule has 0 aromatic carbocycles. The van der Waals surface area contributed by atoms with E-state index in [1.165, 1.54) is 19.8 Å². The number of hydrogen-bond acceptors (Lipinski definition) is 5. The van der Waals surface area contributed by atoms with Gasteiger partial charge >= 0.3 is 11.9 Å². The van der Waals surface area contributed by atoms with Gasteiger partial charge in [0, 0.05) is 6.42 Å². The van der Waals surface area contributed by atoms with Gasteiger partial charge in [-0.05, 0) is 75.0 Å². The van der Waals surface area contributed by atoms with Gasteiger partial charge in [0.1, 0.15) is 0 Å². The molecule has 3 aliphatic rings. The number of esters is 2. The molecule has 0 radical (unpaired) electrons. The quantitative estimate of drug-likeness (QED) is 0.597. The van der Waals surface area contributed by atoms with Crippen molar-refractivity contribution in [2.75, 3.05) is 14.2 Å². The summed E-state index contributed by atoms with van der Waals surface area (Å²) in [5.74, 6) is 0.573. The summed E-state index contributed by atoms with van der Waals surface area (Å²) in [5.41, 5.74) is 0.944. The molecule has 0 aliphatic heterocycles. The van der Waals surface area contributed by atoms with Gasteiger partial charge in [-0.1, -0.05) is 18.6 Å². The van der Waals surface area contributed by atoms with E-state index >= 15 is 0 Å². The van der Waals surface area contributed by atoms with E-state index < -0.39 is 5.41 Å². The molecule has 152 valence electrons. The molecule has 0 unspecified atom stereocenters. The van der Waals surface area contributed by atoms with Gasteiger partial charge in [0.25, 0.3) is 0 Å². The maximum Gasteiger partial charge on any atom is 0.311 e. The summed E-state index contributed by atoms with van der Waals surface area (Å²) >= 11 is 0. The van der Waals surface area contributed by atoms with Gasteiger partial charge in [-0.3, -0.25) is 9.59 Å². The fraction of sp³-hybridized carbons (Fsp3) is 0.818. The number of rotatable bonds is 4. The van der Waals surface area contributed by atoms with Crippen LogP contribution in [0.4, 0.5) is 0 Å². The van der Waals surface area contributed by atoms with Gasteiger partial charge in [-0.15, -0.1) is 0 Å². The van der Waals surface area contributed by atoms with Crippen LogP contribution in [-0.4, -0.2) is 37.4 Å². The van der Waals surface area contributed by atoms with E-state index in [0.717, 1.165) is 38.5 Å². The molecule has 0 amide bonds. The van der Waals surface area contributed by atoms with Crippen LogP contribution in [0.5, 0.6) is 0 Å². The Morgan fingerprint density at radius 2 is 1.93 bits per heavy atom. The number of fused-ring (bicyclic) bond motifs is 3. The summed E-state index contributed by atoms with van der Waals surface area (Å²) in [5, 5.41) is 10.1. The van der Waals surface area contributed by atoms with E-state index in [-0.39, 0.29) is 29.4 Å². The van der Waals surface area contributed by atoms with Crippen molar-refractivity contribution < 1.29 is 24.2 Å². The van der Waals surface area contributed by atoms with Crippen LogP contribution in [0.25, 0.3) is 0 Å². The topological polar surface area (TPSA) is 72.8 Å². The number of ether oxygens (including phenoxy) is 2. The van der Waals surface area contributed by atoms with Crippen LogP contribution in [-0.2, 0) is 19.1 Å². The van der Waals surface area contributed by atoms with Gasteiger partial charge in [-0.2, -0.15) is 0 Å². The monoisotopic (exact) mass is 378 g/mol. The van der Waals surface area contributed by atoms with Gasteiger partial charge in [0.2, 0.25) is 0 Å². The molecule has 5 heteroatoms. The second-order valence-corrected chi connectivity index (χ2v) is 9.22. The first-order chi connectivity index (χ1) is 12.8. The molecule has 2 saturated carbocycles. The zero-order valence-electron chi connectivity index (χ0n) is 17.1. The Kier molecular flexibility index (Phi) is 5.72. The molecule has 0 spiro atoms. The van der Waals surface area contributed by atoms with E-state index in [1.54, 1.807) is 0 Å². The number of hydrogen-bond donors (Lipinski definition) is 1. The lowest BCUT2D eigenvalue weighted by Gasteiger charge is -2.57. The maximum atomic E-state index is 12.7. The van der Waals surface area contributed by atoms with Crippen LogP contribution in [0.1, 0.15) is 65.2 Å². The van der Waals surface area contributed by atoms with Gasteiger partial charge in [0.05, 0.1) is 25.7 Å². The summed E-state index contributed by atoms with van der Waals surface area (Å²) in [6.45, 7) is 4.36. The molecule has 5 nitrogen and oxygen atoms in total. The van der Waals surface area contributed by atoms with Crippen LogP contribution < -0.4 is 0 Å². The average Bonchev–Trinajstić information content (AvgIpc) is 2.66. The number of carbonyl (C=O) groups excluding carboxylic acids is 2. The van der Waals surface area contributed by atoms with E-state index in [4.69, 9.17) is 9.47 Å². The summed E-state index contributed by atoms with van der Waals surface area (Å²) < 4.78 is 10.0. The number of methoxy groups -OCH3 is 2. The molecular formula is C22H34O5. The first kappa shape index (κ1) is 20.4. The second-order valence-electron chi connectivity index (χ2n) is 9.22. The minimum absolute atomic E-state index is 0.100. The lowest BCUT2D eigenvalue weighted by Crippen LogP contribution is -2.53. The third-order valence-electron chi connectivity index (χ3n) is 8.01. The van der Waals surface area contributed by atoms with Crippen molar-refractivity contribution >= 4 is 11.9 Å². The van der Waals surface area contributed by atoms with Crippen molar-refractivity contribution in [2.24, 2.45) is 28.6 Å². The van der Waals surface area contributed by atoms with Crippen molar-refractivity contribution in [3.8, 4) is 0 Å². The average molecular weight is 379 g/mol. The molecule has 0 bridgehead atoms. The Morgan fingerprint density at radius 3 is 2.59 bits per heavy atom. The van der Waals surface area contributed by atoms with Gasteiger partial charge in [0.15, 0.2) is 0 Å². The highest BCUT2D eigenvalue weighted by atomic mass is 16.5. The maximum absolute atomic E-state index is 12.7. The highest BCUT2D eigenvalue weighted by Crippen LogP contribution is 2.62. The SMILES string of the molecule is COC(=O)CC[C@@H]1[C@@H]2CC=C3C[C@H](O)CC[C@]3(C)[C@H]2CC[C@]1(C)C(=O)OC. The standard InChI is InChI=1S/C22H34O5/c1-21-11-9-15(23)13-14(21)5-6-16-17(7-8-19(24)26-3)22(2,20(25)27-4)12-10-18(16)21/h5,15-18,23H,6-13H2,1-4H3/t15-,16+,17-,18+,21+,22+/m1/s1. The normalized spacial score (nSPS) is 41.0. The van der Waals surface area contributed by atoms with E-state index in [0.29, 0.717) is 24.7 Å². The van der Waals surface area contributed by atoms with Crippen molar-refractivity contribution in [3.63, 3.8) is 0 Å². The van der Waals surface area contributed by atoms with Crippen molar-refractivity contribution in [3.05, 3.63) is 11.6 Å². The number of carbonyl (C=O) groups is 2. The van der Waals surface area contributed by atoms with Gasteiger partial charge < -0.3 is 14.6 Å². The zero-order chi connectivity index (χ0) is 19.8.